The Labute approximate surface area is 328 Å². The van der Waals surface area contributed by atoms with Crippen LogP contribution in [0.1, 0.15) is 77.9 Å². The highest BCUT2D eigenvalue weighted by Crippen LogP contribution is 2.30. The van der Waals surface area contributed by atoms with Crippen molar-refractivity contribution in [3.05, 3.63) is 154 Å². The first kappa shape index (κ1) is 39.9. The first-order chi connectivity index (χ1) is 27.1. The normalized spacial score (nSPS) is 11.7. The van der Waals surface area contributed by atoms with E-state index in [0.29, 0.717) is 69.4 Å². The van der Waals surface area contributed by atoms with E-state index in [2.05, 4.69) is 15.7 Å². The average Bonchev–Trinajstić information content (AvgIpc) is 3.24. The number of nitrogens with zero attached hydrogens (tertiary/aromatic N) is 4. The number of amides is 3. The zero-order chi connectivity index (χ0) is 40.0. The van der Waals surface area contributed by atoms with E-state index >= 15 is 0 Å². The molecule has 0 fully saturated rings. The number of nitrogens with one attached hydrogen (secondary N) is 2. The van der Waals surface area contributed by atoms with Gasteiger partial charge in [0.05, 0.1) is 42.7 Å². The number of carbonyl (C=O) groups excluding carboxylic acids is 4. The number of hydrazone groups is 1. The maximum absolute atomic E-state index is 13.3. The van der Waals surface area contributed by atoms with Crippen molar-refractivity contribution in [2.75, 3.05) is 30.9 Å². The van der Waals surface area contributed by atoms with Crippen molar-refractivity contribution < 1.29 is 28.7 Å². The summed E-state index contributed by atoms with van der Waals surface area (Å²) >= 11 is 5.18. The number of anilines is 2. The summed E-state index contributed by atoms with van der Waals surface area (Å²) in [6.45, 7) is 2.90. The third-order valence-corrected chi connectivity index (χ3v) is 8.56. The van der Waals surface area contributed by atoms with Crippen LogP contribution < -0.4 is 20.1 Å². The van der Waals surface area contributed by atoms with Gasteiger partial charge in [0.1, 0.15) is 0 Å². The number of nitriles is 2. The highest BCUT2D eigenvalue weighted by molar-refractivity contribution is 6.67. The molecular weight excluding hydrogens is 732 g/mol. The van der Waals surface area contributed by atoms with Crippen molar-refractivity contribution in [3.8, 4) is 23.6 Å². The minimum atomic E-state index is -0.505. The van der Waals surface area contributed by atoms with Crippen LogP contribution in [0.2, 0.25) is 0 Å². The van der Waals surface area contributed by atoms with E-state index in [0.717, 1.165) is 24.1 Å². The summed E-state index contributed by atoms with van der Waals surface area (Å²) in [5.41, 5.74) is 5.17. The minimum absolute atomic E-state index is 0.241. The zero-order valence-corrected chi connectivity index (χ0v) is 31.2. The highest BCUT2D eigenvalue weighted by Gasteiger charge is 2.22. The predicted molar refractivity (Wildman–Crippen MR) is 212 cm³/mol. The fourth-order valence-corrected chi connectivity index (χ4v) is 5.60. The maximum Gasteiger partial charge on any atom is 0.273 e. The largest absolute Gasteiger partial charge is 0.493 e. The summed E-state index contributed by atoms with van der Waals surface area (Å²) in [5.74, 6) is 0.285. The Balaban J connectivity index is 0.000000470. The molecule has 0 atom stereocenters. The molecule has 0 unspecified atom stereocenters. The SMILES string of the molecule is CCOc1cc(C2=NN(C(=O)c3ccc(NC(=O)c4cccc(NC(=O)c5ccc(C#N)cc5)c4)cc3)CCC2)ccc1OC.N#Cc1ccc(C(=O)Cl)cc1. The fraction of sp³-hybridized carbons (Fsp3) is 0.140. The second-order valence-corrected chi connectivity index (χ2v) is 12.4. The third-order valence-electron chi connectivity index (χ3n) is 8.35. The number of rotatable bonds is 10. The Morgan fingerprint density at radius 1 is 0.732 bits per heavy atom. The molecule has 6 rings (SSSR count). The molecule has 1 aliphatic heterocycles. The molecule has 0 radical (unpaired) electrons. The van der Waals surface area contributed by atoms with Crippen molar-refractivity contribution in [3.63, 3.8) is 0 Å². The van der Waals surface area contributed by atoms with Crippen LogP contribution in [0.15, 0.2) is 120 Å². The lowest BCUT2D eigenvalue weighted by Crippen LogP contribution is -2.32. The van der Waals surface area contributed by atoms with Gasteiger partial charge in [-0.1, -0.05) is 6.07 Å². The average molecular weight is 767 g/mol. The van der Waals surface area contributed by atoms with Gasteiger partial charge in [-0.2, -0.15) is 15.6 Å². The highest BCUT2D eigenvalue weighted by atomic mass is 35.5. The molecular formula is C43H35ClN6O6. The molecule has 56 heavy (non-hydrogen) atoms. The number of hydrogen-bond acceptors (Lipinski definition) is 9. The molecule has 2 N–H and O–H groups in total. The van der Waals surface area contributed by atoms with Gasteiger partial charge < -0.3 is 20.1 Å². The van der Waals surface area contributed by atoms with Crippen molar-refractivity contribution in [2.45, 2.75) is 19.8 Å². The van der Waals surface area contributed by atoms with Gasteiger partial charge in [0.25, 0.3) is 23.0 Å². The van der Waals surface area contributed by atoms with Crippen LogP contribution in [0.25, 0.3) is 0 Å². The Bertz CT molecular complexity index is 2350. The van der Waals surface area contributed by atoms with E-state index in [9.17, 15) is 19.2 Å². The van der Waals surface area contributed by atoms with Crippen LogP contribution in [0.5, 0.6) is 11.5 Å². The van der Waals surface area contributed by atoms with E-state index in [1.54, 1.807) is 92.0 Å². The molecule has 0 spiro atoms. The number of methoxy groups -OCH3 is 1. The molecule has 0 saturated heterocycles. The number of carbonyl (C=O) groups is 4. The molecule has 0 aliphatic carbocycles. The van der Waals surface area contributed by atoms with Gasteiger partial charge in [-0.05, 0) is 141 Å². The van der Waals surface area contributed by atoms with Crippen LogP contribution in [0, 0.1) is 22.7 Å². The lowest BCUT2D eigenvalue weighted by Gasteiger charge is -2.24. The molecule has 5 aromatic carbocycles. The van der Waals surface area contributed by atoms with Gasteiger partial charge in [0.15, 0.2) is 11.5 Å². The third kappa shape index (κ3) is 10.4. The van der Waals surface area contributed by atoms with E-state index < -0.39 is 5.24 Å². The van der Waals surface area contributed by atoms with Crippen molar-refractivity contribution in [1.29, 1.82) is 10.5 Å². The van der Waals surface area contributed by atoms with Gasteiger partial charge in [-0.3, -0.25) is 19.2 Å². The molecule has 13 heteroatoms. The van der Waals surface area contributed by atoms with Crippen LogP contribution in [-0.4, -0.2) is 53.9 Å². The lowest BCUT2D eigenvalue weighted by molar-refractivity contribution is 0.0751. The molecule has 5 aromatic rings. The van der Waals surface area contributed by atoms with Gasteiger partial charge in [0, 0.05) is 45.7 Å². The van der Waals surface area contributed by atoms with Crippen LogP contribution in [0.3, 0.4) is 0 Å². The summed E-state index contributed by atoms with van der Waals surface area (Å²) in [4.78, 5) is 49.4. The minimum Gasteiger partial charge on any atom is -0.493 e. The number of benzene rings is 5. The molecule has 0 aromatic heterocycles. The standard InChI is InChI=1S/C35H31N5O5.C8H4ClNO/c1-3-45-32-21-26(15-18-31(32)44-2)30-8-5-19-40(39-30)35(43)25-13-16-28(17-14-25)37-34(42)27-6-4-7-29(20-27)38-33(41)24-11-9-23(22-36)10-12-24;9-8(11)7-3-1-6(5-10)2-4-7/h4,6-7,9-18,20-21H,3,5,8,19H2,1-2H3,(H,37,42)(H,38,41);1-4H. The molecule has 1 aliphatic rings. The van der Waals surface area contributed by atoms with E-state index in [1.165, 1.54) is 17.1 Å². The van der Waals surface area contributed by atoms with Gasteiger partial charge in [0.2, 0.25) is 0 Å². The monoisotopic (exact) mass is 766 g/mol. The van der Waals surface area contributed by atoms with E-state index in [4.69, 9.17) is 31.6 Å². The Morgan fingerprint density at radius 3 is 1.95 bits per heavy atom. The molecule has 280 valence electrons. The summed E-state index contributed by atoms with van der Waals surface area (Å²) in [6, 6.07) is 35.2. The first-order valence-corrected chi connectivity index (χ1v) is 17.7. The number of hydrogen-bond donors (Lipinski definition) is 2. The second kappa shape index (κ2) is 19.2. The van der Waals surface area contributed by atoms with Crippen molar-refractivity contribution in [1.82, 2.24) is 5.01 Å². The predicted octanol–water partition coefficient (Wildman–Crippen LogP) is 8.05. The fourth-order valence-electron chi connectivity index (χ4n) is 5.48. The molecule has 1 heterocycles. The van der Waals surface area contributed by atoms with Crippen LogP contribution >= 0.6 is 11.6 Å². The zero-order valence-electron chi connectivity index (χ0n) is 30.4. The van der Waals surface area contributed by atoms with Gasteiger partial charge >= 0.3 is 0 Å². The van der Waals surface area contributed by atoms with Crippen LogP contribution in [-0.2, 0) is 0 Å². The number of ether oxygens (including phenoxy) is 2. The summed E-state index contributed by atoms with van der Waals surface area (Å²) < 4.78 is 11.1. The molecule has 3 amide bonds. The molecule has 0 bridgehead atoms. The van der Waals surface area contributed by atoms with Crippen molar-refractivity contribution >= 4 is 51.7 Å². The second-order valence-electron chi connectivity index (χ2n) is 12.1. The molecule has 0 saturated carbocycles. The van der Waals surface area contributed by atoms with Crippen LogP contribution in [0.4, 0.5) is 11.4 Å². The smallest absolute Gasteiger partial charge is 0.273 e. The topological polar surface area (TPSA) is 174 Å². The summed E-state index contributed by atoms with van der Waals surface area (Å²) in [5, 5.41) is 28.5. The van der Waals surface area contributed by atoms with Crippen molar-refractivity contribution in [2.24, 2.45) is 5.10 Å². The first-order valence-electron chi connectivity index (χ1n) is 17.4. The Hall–Kier alpha value is -7.28. The number of halogens is 1. The lowest BCUT2D eigenvalue weighted by atomic mass is 10.0. The van der Waals surface area contributed by atoms with E-state index in [1.807, 2.05) is 37.3 Å². The Kier molecular flexibility index (Phi) is 13.7. The van der Waals surface area contributed by atoms with Gasteiger partial charge in [-0.25, -0.2) is 5.01 Å². The quantitative estimate of drug-likeness (QED) is 0.134. The Morgan fingerprint density at radius 2 is 1.34 bits per heavy atom. The maximum atomic E-state index is 13.3. The summed E-state index contributed by atoms with van der Waals surface area (Å²) in [6.07, 6.45) is 1.49. The summed E-state index contributed by atoms with van der Waals surface area (Å²) in [7, 11) is 1.59. The molecule has 12 nitrogen and oxygen atoms in total. The van der Waals surface area contributed by atoms with E-state index in [-0.39, 0.29) is 17.7 Å². The van der Waals surface area contributed by atoms with Gasteiger partial charge in [-0.15, -0.1) is 0 Å².